The van der Waals surface area contributed by atoms with E-state index in [2.05, 4.69) is 19.1 Å². The van der Waals surface area contributed by atoms with Gasteiger partial charge in [0, 0.05) is 11.3 Å². The minimum Gasteiger partial charge on any atom is -0.293 e. The molecule has 0 atom stereocenters. The van der Waals surface area contributed by atoms with Crippen LogP contribution in [0.15, 0.2) is 30.3 Å². The molecule has 1 nitrogen and oxygen atoms in total. The first-order chi connectivity index (χ1) is 8.08. The summed E-state index contributed by atoms with van der Waals surface area (Å²) in [6.07, 6.45) is 0.507. The topological polar surface area (TPSA) is 17.1 Å². The molecular formula is C15H16OS. The van der Waals surface area contributed by atoms with Gasteiger partial charge in [0.2, 0.25) is 0 Å². The van der Waals surface area contributed by atoms with Crippen LogP contribution in [0.1, 0.15) is 31.2 Å². The molecule has 0 aliphatic rings. The summed E-state index contributed by atoms with van der Waals surface area (Å²) in [6, 6.07) is 10.2. The van der Waals surface area contributed by atoms with Gasteiger partial charge in [0.25, 0.3) is 0 Å². The van der Waals surface area contributed by atoms with Gasteiger partial charge in [-0.2, -0.15) is 0 Å². The Morgan fingerprint density at radius 2 is 1.82 bits per heavy atom. The zero-order valence-electron chi connectivity index (χ0n) is 10.4. The Kier molecular flexibility index (Phi) is 3.43. The predicted octanol–water partition coefficient (Wildman–Crippen LogP) is 4.10. The lowest BCUT2D eigenvalue weighted by atomic mass is 10.0. The van der Waals surface area contributed by atoms with Crippen molar-refractivity contribution < 1.29 is 4.79 Å². The van der Waals surface area contributed by atoms with E-state index in [0.717, 1.165) is 16.0 Å². The van der Waals surface area contributed by atoms with Crippen molar-refractivity contribution in [3.8, 4) is 0 Å². The van der Waals surface area contributed by atoms with E-state index in [0.29, 0.717) is 6.42 Å². The molecule has 88 valence electrons. The lowest BCUT2D eigenvalue weighted by Crippen LogP contribution is -2.04. The minimum absolute atomic E-state index is 0.231. The molecule has 0 saturated carbocycles. The largest absolute Gasteiger partial charge is 0.293 e. The second-order valence-electron chi connectivity index (χ2n) is 4.40. The summed E-state index contributed by atoms with van der Waals surface area (Å²) in [5, 5.41) is 0. The van der Waals surface area contributed by atoms with Crippen molar-refractivity contribution in [2.75, 3.05) is 0 Å². The molecule has 0 N–H and O–H groups in total. The zero-order valence-corrected chi connectivity index (χ0v) is 11.2. The van der Waals surface area contributed by atoms with Gasteiger partial charge >= 0.3 is 0 Å². The van der Waals surface area contributed by atoms with Crippen LogP contribution in [0, 0.1) is 20.8 Å². The molecule has 0 spiro atoms. The Balaban J connectivity index is 2.23. The number of carbonyl (C=O) groups excluding carboxylic acids is 1. The molecule has 2 heteroatoms. The number of benzene rings is 1. The molecule has 2 rings (SSSR count). The summed E-state index contributed by atoms with van der Waals surface area (Å²) in [6.45, 7) is 6.10. The van der Waals surface area contributed by atoms with Gasteiger partial charge in [-0.25, -0.2) is 0 Å². The Bertz CT molecular complexity index is 552. The van der Waals surface area contributed by atoms with E-state index in [1.165, 1.54) is 10.4 Å². The van der Waals surface area contributed by atoms with Crippen LogP contribution < -0.4 is 0 Å². The van der Waals surface area contributed by atoms with Gasteiger partial charge in [-0.3, -0.25) is 4.79 Å². The van der Waals surface area contributed by atoms with Crippen molar-refractivity contribution in [3.63, 3.8) is 0 Å². The van der Waals surface area contributed by atoms with E-state index in [1.807, 2.05) is 32.0 Å². The van der Waals surface area contributed by atoms with Crippen LogP contribution in [0.5, 0.6) is 0 Å². The molecule has 17 heavy (non-hydrogen) atoms. The monoisotopic (exact) mass is 244 g/mol. The van der Waals surface area contributed by atoms with Crippen molar-refractivity contribution in [2.24, 2.45) is 0 Å². The van der Waals surface area contributed by atoms with Gasteiger partial charge in [-0.05, 0) is 43.5 Å². The van der Waals surface area contributed by atoms with E-state index in [1.54, 1.807) is 11.3 Å². The molecule has 0 unspecified atom stereocenters. The number of hydrogen-bond acceptors (Lipinski definition) is 2. The number of thiophene rings is 1. The summed E-state index contributed by atoms with van der Waals surface area (Å²) in [4.78, 5) is 14.3. The van der Waals surface area contributed by atoms with Gasteiger partial charge < -0.3 is 0 Å². The van der Waals surface area contributed by atoms with Crippen LogP contribution in [0.3, 0.4) is 0 Å². The quantitative estimate of drug-likeness (QED) is 0.743. The normalized spacial score (nSPS) is 10.5. The van der Waals surface area contributed by atoms with Gasteiger partial charge in [-0.15, -0.1) is 11.3 Å². The van der Waals surface area contributed by atoms with Crippen LogP contribution in [0.4, 0.5) is 0 Å². The summed E-state index contributed by atoms with van der Waals surface area (Å²) in [5.74, 6) is 0.231. The highest BCUT2D eigenvalue weighted by Gasteiger charge is 2.13. The van der Waals surface area contributed by atoms with E-state index in [9.17, 15) is 4.79 Å². The smallest absolute Gasteiger partial charge is 0.177 e. The molecular weight excluding hydrogens is 228 g/mol. The van der Waals surface area contributed by atoms with E-state index >= 15 is 0 Å². The first kappa shape index (κ1) is 12.1. The van der Waals surface area contributed by atoms with Crippen molar-refractivity contribution >= 4 is 17.1 Å². The van der Waals surface area contributed by atoms with Crippen molar-refractivity contribution in [3.05, 3.63) is 56.8 Å². The lowest BCUT2D eigenvalue weighted by molar-refractivity contribution is 0.0996. The third-order valence-corrected chi connectivity index (χ3v) is 4.10. The van der Waals surface area contributed by atoms with Crippen LogP contribution in [-0.4, -0.2) is 5.78 Å². The van der Waals surface area contributed by atoms with E-state index < -0.39 is 0 Å². The summed E-state index contributed by atoms with van der Waals surface area (Å²) < 4.78 is 0. The number of rotatable bonds is 3. The van der Waals surface area contributed by atoms with Crippen molar-refractivity contribution in [1.82, 2.24) is 0 Å². The third kappa shape index (κ3) is 2.64. The third-order valence-electron chi connectivity index (χ3n) is 2.91. The SMILES string of the molecule is Cc1cc(C)c(C(=O)Cc2ccccc2C)s1. The van der Waals surface area contributed by atoms with Gasteiger partial charge in [0.1, 0.15) is 0 Å². The fraction of sp³-hybridized carbons (Fsp3) is 0.267. The predicted molar refractivity (Wildman–Crippen MR) is 73.0 cm³/mol. The van der Waals surface area contributed by atoms with Crippen LogP contribution in [0.2, 0.25) is 0 Å². The van der Waals surface area contributed by atoms with Gasteiger partial charge in [0.15, 0.2) is 5.78 Å². The maximum Gasteiger partial charge on any atom is 0.177 e. The number of carbonyl (C=O) groups is 1. The highest BCUT2D eigenvalue weighted by Crippen LogP contribution is 2.23. The molecule has 0 radical (unpaired) electrons. The highest BCUT2D eigenvalue weighted by atomic mass is 32.1. The van der Waals surface area contributed by atoms with Crippen LogP contribution in [0.25, 0.3) is 0 Å². The average Bonchev–Trinajstić information content (AvgIpc) is 2.61. The second kappa shape index (κ2) is 4.84. The molecule has 0 fully saturated rings. The standard InChI is InChI=1S/C15H16OS/c1-10-6-4-5-7-13(10)9-14(16)15-11(2)8-12(3)17-15/h4-8H,9H2,1-3H3. The Labute approximate surface area is 106 Å². The Hall–Kier alpha value is -1.41. The van der Waals surface area contributed by atoms with Crippen LogP contribution in [-0.2, 0) is 6.42 Å². The minimum atomic E-state index is 0.231. The molecule has 0 aliphatic heterocycles. The second-order valence-corrected chi connectivity index (χ2v) is 5.65. The lowest BCUT2D eigenvalue weighted by Gasteiger charge is -2.04. The number of ketones is 1. The molecule has 0 saturated heterocycles. The average molecular weight is 244 g/mol. The van der Waals surface area contributed by atoms with Gasteiger partial charge in [0.05, 0.1) is 4.88 Å². The number of hydrogen-bond donors (Lipinski definition) is 0. The van der Waals surface area contributed by atoms with Crippen LogP contribution >= 0.6 is 11.3 Å². The number of aryl methyl sites for hydroxylation is 3. The molecule has 1 aromatic heterocycles. The highest BCUT2D eigenvalue weighted by molar-refractivity contribution is 7.14. The molecule has 0 aliphatic carbocycles. The fourth-order valence-corrected chi connectivity index (χ4v) is 2.94. The van der Waals surface area contributed by atoms with E-state index in [-0.39, 0.29) is 5.78 Å². The maximum atomic E-state index is 12.2. The first-order valence-corrected chi connectivity index (χ1v) is 6.54. The summed E-state index contributed by atoms with van der Waals surface area (Å²) in [7, 11) is 0. The summed E-state index contributed by atoms with van der Waals surface area (Å²) >= 11 is 1.60. The van der Waals surface area contributed by atoms with Gasteiger partial charge in [-0.1, -0.05) is 24.3 Å². The summed E-state index contributed by atoms with van der Waals surface area (Å²) in [5.41, 5.74) is 3.42. The maximum absolute atomic E-state index is 12.2. The fourth-order valence-electron chi connectivity index (χ4n) is 1.98. The Morgan fingerprint density at radius 3 is 2.41 bits per heavy atom. The zero-order chi connectivity index (χ0) is 12.4. The molecule has 0 amide bonds. The molecule has 1 heterocycles. The van der Waals surface area contributed by atoms with Crippen molar-refractivity contribution in [2.45, 2.75) is 27.2 Å². The Morgan fingerprint density at radius 1 is 1.12 bits per heavy atom. The molecule has 1 aromatic carbocycles. The molecule has 0 bridgehead atoms. The number of Topliss-reactive ketones (excluding diaryl/α,β-unsaturated/α-hetero) is 1. The molecule has 2 aromatic rings. The van der Waals surface area contributed by atoms with E-state index in [4.69, 9.17) is 0 Å². The van der Waals surface area contributed by atoms with Crippen molar-refractivity contribution in [1.29, 1.82) is 0 Å². The first-order valence-electron chi connectivity index (χ1n) is 5.72.